The third kappa shape index (κ3) is 3.21. The number of hydrogen-bond acceptors (Lipinski definition) is 2. The molecule has 2 heteroatoms. The van der Waals surface area contributed by atoms with Crippen LogP contribution in [0.25, 0.3) is 0 Å². The van der Waals surface area contributed by atoms with Crippen molar-refractivity contribution in [2.75, 3.05) is 6.54 Å². The first-order valence-corrected chi connectivity index (χ1v) is 7.10. The maximum absolute atomic E-state index is 6.50. The summed E-state index contributed by atoms with van der Waals surface area (Å²) in [5.74, 6) is 1.74. The van der Waals surface area contributed by atoms with Crippen LogP contribution in [0.2, 0.25) is 0 Å². The molecule has 0 spiro atoms. The molecule has 16 heavy (non-hydrogen) atoms. The van der Waals surface area contributed by atoms with Gasteiger partial charge in [0.2, 0.25) is 0 Å². The second kappa shape index (κ2) is 5.05. The average molecular weight is 224 g/mol. The van der Waals surface area contributed by atoms with Crippen molar-refractivity contribution in [1.82, 2.24) is 5.32 Å². The van der Waals surface area contributed by atoms with Crippen molar-refractivity contribution in [1.29, 1.82) is 0 Å². The third-order valence-electron chi connectivity index (χ3n) is 4.56. The Balaban J connectivity index is 1.75. The summed E-state index contributed by atoms with van der Waals surface area (Å²) in [6.07, 6.45) is 9.22. The molecule has 2 saturated carbocycles. The molecule has 0 aromatic carbocycles. The van der Waals surface area contributed by atoms with E-state index in [1.807, 2.05) is 0 Å². The van der Waals surface area contributed by atoms with E-state index in [0.717, 1.165) is 24.4 Å². The van der Waals surface area contributed by atoms with Gasteiger partial charge in [-0.3, -0.25) is 0 Å². The second-order valence-corrected chi connectivity index (χ2v) is 6.56. The van der Waals surface area contributed by atoms with Crippen molar-refractivity contribution in [2.24, 2.45) is 17.6 Å². The summed E-state index contributed by atoms with van der Waals surface area (Å²) >= 11 is 0. The molecule has 3 N–H and O–H groups in total. The van der Waals surface area contributed by atoms with Gasteiger partial charge in [0.05, 0.1) is 0 Å². The Morgan fingerprint density at radius 2 is 2.00 bits per heavy atom. The highest BCUT2D eigenvalue weighted by molar-refractivity contribution is 4.93. The minimum Gasteiger partial charge on any atom is -0.324 e. The van der Waals surface area contributed by atoms with E-state index in [9.17, 15) is 0 Å². The highest BCUT2D eigenvalue weighted by atomic mass is 15.0. The number of hydrogen-bond donors (Lipinski definition) is 2. The molecule has 2 fully saturated rings. The van der Waals surface area contributed by atoms with Crippen molar-refractivity contribution in [2.45, 2.75) is 70.4 Å². The molecular formula is C14H28N2. The highest BCUT2D eigenvalue weighted by Crippen LogP contribution is 2.31. The van der Waals surface area contributed by atoms with Gasteiger partial charge in [-0.25, -0.2) is 0 Å². The van der Waals surface area contributed by atoms with Gasteiger partial charge in [0.15, 0.2) is 0 Å². The fourth-order valence-corrected chi connectivity index (χ4v) is 3.60. The molecule has 0 aliphatic heterocycles. The standard InChI is InChI=1S/C14H28N2/c1-11-5-6-13(8-11)16-10-14(15)7-3-4-12(2)9-14/h11-13,16H,3-10,15H2,1-2H3. The predicted molar refractivity (Wildman–Crippen MR) is 69.4 cm³/mol. The quantitative estimate of drug-likeness (QED) is 0.773. The van der Waals surface area contributed by atoms with Crippen LogP contribution in [0.5, 0.6) is 0 Å². The molecule has 0 aromatic rings. The zero-order valence-electron chi connectivity index (χ0n) is 11.0. The van der Waals surface area contributed by atoms with E-state index in [2.05, 4.69) is 19.2 Å². The average Bonchev–Trinajstić information content (AvgIpc) is 2.61. The fraction of sp³-hybridized carbons (Fsp3) is 1.00. The van der Waals surface area contributed by atoms with Crippen LogP contribution in [-0.4, -0.2) is 18.1 Å². The number of nitrogens with one attached hydrogen (secondary N) is 1. The second-order valence-electron chi connectivity index (χ2n) is 6.56. The van der Waals surface area contributed by atoms with E-state index in [4.69, 9.17) is 5.73 Å². The summed E-state index contributed by atoms with van der Waals surface area (Å²) in [5, 5.41) is 3.72. The first kappa shape index (κ1) is 12.4. The van der Waals surface area contributed by atoms with Crippen molar-refractivity contribution in [3.8, 4) is 0 Å². The van der Waals surface area contributed by atoms with E-state index >= 15 is 0 Å². The Bertz CT molecular complexity index is 229. The molecule has 2 nitrogen and oxygen atoms in total. The van der Waals surface area contributed by atoms with Crippen LogP contribution in [0.1, 0.15) is 58.8 Å². The molecule has 0 aromatic heterocycles. The van der Waals surface area contributed by atoms with Crippen LogP contribution in [0.4, 0.5) is 0 Å². The monoisotopic (exact) mass is 224 g/mol. The van der Waals surface area contributed by atoms with E-state index in [1.165, 1.54) is 44.9 Å². The molecule has 0 amide bonds. The van der Waals surface area contributed by atoms with Gasteiger partial charge in [0.1, 0.15) is 0 Å². The first-order chi connectivity index (χ1) is 7.57. The van der Waals surface area contributed by atoms with Gasteiger partial charge in [-0.15, -0.1) is 0 Å². The van der Waals surface area contributed by atoms with Gasteiger partial charge in [0, 0.05) is 18.1 Å². The van der Waals surface area contributed by atoms with Crippen LogP contribution >= 0.6 is 0 Å². The van der Waals surface area contributed by atoms with Crippen LogP contribution in [0, 0.1) is 11.8 Å². The van der Waals surface area contributed by atoms with Gasteiger partial charge >= 0.3 is 0 Å². The Morgan fingerprint density at radius 1 is 1.19 bits per heavy atom. The zero-order chi connectivity index (χ0) is 11.6. The minimum atomic E-state index is 0.0868. The fourth-order valence-electron chi connectivity index (χ4n) is 3.60. The highest BCUT2D eigenvalue weighted by Gasteiger charge is 2.32. The summed E-state index contributed by atoms with van der Waals surface area (Å²) in [5.41, 5.74) is 6.59. The molecular weight excluding hydrogens is 196 g/mol. The molecule has 0 saturated heterocycles. The maximum atomic E-state index is 6.50. The maximum Gasteiger partial charge on any atom is 0.0283 e. The van der Waals surface area contributed by atoms with Crippen LogP contribution in [0.3, 0.4) is 0 Å². The molecule has 0 bridgehead atoms. The minimum absolute atomic E-state index is 0.0868. The normalized spacial score (nSPS) is 44.8. The summed E-state index contributed by atoms with van der Waals surface area (Å²) in [6, 6.07) is 0.743. The van der Waals surface area contributed by atoms with Crippen molar-refractivity contribution in [3.05, 3.63) is 0 Å². The molecule has 2 rings (SSSR count). The lowest BCUT2D eigenvalue weighted by molar-refractivity contribution is 0.223. The van der Waals surface area contributed by atoms with E-state index in [-0.39, 0.29) is 5.54 Å². The molecule has 94 valence electrons. The lowest BCUT2D eigenvalue weighted by atomic mass is 9.77. The molecule has 4 unspecified atom stereocenters. The van der Waals surface area contributed by atoms with Crippen molar-refractivity contribution < 1.29 is 0 Å². The zero-order valence-corrected chi connectivity index (χ0v) is 11.0. The lowest BCUT2D eigenvalue weighted by Crippen LogP contribution is -2.53. The Kier molecular flexibility index (Phi) is 3.91. The SMILES string of the molecule is CC1CCC(NCC2(N)CCCC(C)C2)C1. The van der Waals surface area contributed by atoms with Gasteiger partial charge in [-0.05, 0) is 43.9 Å². The molecule has 0 heterocycles. The Hall–Kier alpha value is -0.0800. The number of nitrogens with two attached hydrogens (primary N) is 1. The smallest absolute Gasteiger partial charge is 0.0283 e. The summed E-state index contributed by atoms with van der Waals surface area (Å²) in [7, 11) is 0. The number of rotatable bonds is 3. The summed E-state index contributed by atoms with van der Waals surface area (Å²) < 4.78 is 0. The van der Waals surface area contributed by atoms with Crippen LogP contribution < -0.4 is 11.1 Å². The summed E-state index contributed by atoms with van der Waals surface area (Å²) in [6.45, 7) is 5.75. The van der Waals surface area contributed by atoms with E-state index in [1.54, 1.807) is 0 Å². The lowest BCUT2D eigenvalue weighted by Gasteiger charge is -2.37. The van der Waals surface area contributed by atoms with E-state index < -0.39 is 0 Å². The Morgan fingerprint density at radius 3 is 2.62 bits per heavy atom. The summed E-state index contributed by atoms with van der Waals surface area (Å²) in [4.78, 5) is 0. The molecule has 4 atom stereocenters. The predicted octanol–water partition coefficient (Wildman–Crippen LogP) is 2.67. The van der Waals surface area contributed by atoms with Gasteiger partial charge < -0.3 is 11.1 Å². The molecule has 2 aliphatic carbocycles. The van der Waals surface area contributed by atoms with Crippen LogP contribution in [-0.2, 0) is 0 Å². The van der Waals surface area contributed by atoms with Gasteiger partial charge in [0.25, 0.3) is 0 Å². The first-order valence-electron chi connectivity index (χ1n) is 7.10. The van der Waals surface area contributed by atoms with E-state index in [0.29, 0.717) is 0 Å². The topological polar surface area (TPSA) is 38.0 Å². The van der Waals surface area contributed by atoms with Gasteiger partial charge in [-0.1, -0.05) is 26.7 Å². The molecule has 0 radical (unpaired) electrons. The Labute approximate surface area is 100 Å². The van der Waals surface area contributed by atoms with Crippen molar-refractivity contribution >= 4 is 0 Å². The van der Waals surface area contributed by atoms with Crippen molar-refractivity contribution in [3.63, 3.8) is 0 Å². The van der Waals surface area contributed by atoms with Crippen LogP contribution in [0.15, 0.2) is 0 Å². The van der Waals surface area contributed by atoms with Gasteiger partial charge in [-0.2, -0.15) is 0 Å². The molecule has 2 aliphatic rings. The largest absolute Gasteiger partial charge is 0.324 e. The third-order valence-corrected chi connectivity index (χ3v) is 4.56.